The molecule has 1 unspecified atom stereocenters. The van der Waals surface area contributed by atoms with Crippen LogP contribution < -0.4 is 10.6 Å². The molecule has 1 aliphatic rings. The second-order valence-corrected chi connectivity index (χ2v) is 5.07. The van der Waals surface area contributed by atoms with Crippen LogP contribution in [0.2, 0.25) is 0 Å². The molecule has 102 valence electrons. The topological polar surface area (TPSA) is 73.6 Å². The first kappa shape index (κ1) is 12.8. The number of hydrogen-bond donors (Lipinski definition) is 2. The summed E-state index contributed by atoms with van der Waals surface area (Å²) in [6.07, 6.45) is 3.31. The van der Waals surface area contributed by atoms with Crippen molar-refractivity contribution in [3.05, 3.63) is 30.0 Å². The fraction of sp³-hybridized carbons (Fsp3) is 0.400. The van der Waals surface area contributed by atoms with Crippen LogP contribution >= 0.6 is 0 Å². The van der Waals surface area contributed by atoms with E-state index in [0.717, 1.165) is 48.9 Å². The summed E-state index contributed by atoms with van der Waals surface area (Å²) in [4.78, 5) is 0. The summed E-state index contributed by atoms with van der Waals surface area (Å²) in [6, 6.07) is 10.3. The highest BCUT2D eigenvalue weighted by atomic mass is 15.1. The molecule has 2 N–H and O–H groups in total. The first-order valence-electron chi connectivity index (χ1n) is 7.01. The number of nitrogens with one attached hydrogen (secondary N) is 2. The number of nitrogens with zero attached hydrogens (tertiary/aromatic N) is 3. The van der Waals surface area contributed by atoms with E-state index in [9.17, 15) is 5.26 Å². The Balaban J connectivity index is 1.98. The van der Waals surface area contributed by atoms with Crippen molar-refractivity contribution in [3.63, 3.8) is 0 Å². The van der Waals surface area contributed by atoms with E-state index in [2.05, 4.69) is 26.9 Å². The Kier molecular flexibility index (Phi) is 3.75. The zero-order valence-electron chi connectivity index (χ0n) is 11.3. The van der Waals surface area contributed by atoms with E-state index >= 15 is 0 Å². The molecule has 1 aliphatic heterocycles. The van der Waals surface area contributed by atoms with Crippen LogP contribution in [0.5, 0.6) is 0 Å². The molecule has 1 aromatic heterocycles. The minimum atomic E-state index is 0.376. The van der Waals surface area contributed by atoms with Crippen LogP contribution in [-0.4, -0.2) is 29.3 Å². The molecule has 5 nitrogen and oxygen atoms in total. The van der Waals surface area contributed by atoms with Gasteiger partial charge >= 0.3 is 0 Å². The Bertz CT molecular complexity index is 638. The van der Waals surface area contributed by atoms with Crippen LogP contribution in [0.15, 0.2) is 24.3 Å². The fourth-order valence-corrected chi connectivity index (χ4v) is 2.65. The number of aromatic nitrogens is 2. The normalized spacial score (nSPS) is 19.2. The van der Waals surface area contributed by atoms with Gasteiger partial charge in [-0.25, -0.2) is 0 Å². The predicted octanol–water partition coefficient (Wildman–Crippen LogP) is 2.06. The maximum atomic E-state index is 9.26. The molecule has 1 aromatic carbocycles. The molecule has 5 heteroatoms. The van der Waals surface area contributed by atoms with Crippen LogP contribution in [0.1, 0.15) is 25.0 Å². The molecule has 1 fully saturated rings. The molecule has 2 aromatic rings. The van der Waals surface area contributed by atoms with Gasteiger partial charge in [0.25, 0.3) is 0 Å². The lowest BCUT2D eigenvalue weighted by molar-refractivity contribution is 0.637. The highest BCUT2D eigenvalue weighted by Crippen LogP contribution is 2.25. The lowest BCUT2D eigenvalue weighted by Crippen LogP contribution is -2.22. The van der Waals surface area contributed by atoms with Gasteiger partial charge in [0.2, 0.25) is 0 Å². The number of rotatable bonds is 2. The van der Waals surface area contributed by atoms with Gasteiger partial charge in [-0.2, -0.15) is 5.26 Å². The van der Waals surface area contributed by atoms with Crippen LogP contribution in [0.4, 0.5) is 5.69 Å². The smallest absolute Gasteiger partial charge is 0.186 e. The summed E-state index contributed by atoms with van der Waals surface area (Å²) in [5.74, 6) is 0. The number of fused-ring (bicyclic) bond motifs is 1. The van der Waals surface area contributed by atoms with Crippen LogP contribution in [0, 0.1) is 11.3 Å². The lowest BCUT2D eigenvalue weighted by Gasteiger charge is -2.19. The Hall–Kier alpha value is -2.19. The molecule has 0 saturated carbocycles. The molecule has 20 heavy (non-hydrogen) atoms. The fourth-order valence-electron chi connectivity index (χ4n) is 2.65. The van der Waals surface area contributed by atoms with Gasteiger partial charge in [-0.05, 0) is 38.4 Å². The van der Waals surface area contributed by atoms with E-state index in [0.29, 0.717) is 11.7 Å². The molecule has 1 atom stereocenters. The zero-order valence-corrected chi connectivity index (χ0v) is 11.3. The molecule has 0 radical (unpaired) electrons. The van der Waals surface area contributed by atoms with Crippen LogP contribution in [0.3, 0.4) is 0 Å². The summed E-state index contributed by atoms with van der Waals surface area (Å²) < 4.78 is 0. The van der Waals surface area contributed by atoms with E-state index in [1.54, 1.807) is 0 Å². The van der Waals surface area contributed by atoms with E-state index < -0.39 is 0 Å². The van der Waals surface area contributed by atoms with Crippen molar-refractivity contribution in [3.8, 4) is 6.07 Å². The third kappa shape index (κ3) is 2.56. The summed E-state index contributed by atoms with van der Waals surface area (Å²) in [7, 11) is 0. The van der Waals surface area contributed by atoms with Crippen molar-refractivity contribution in [2.45, 2.75) is 25.3 Å². The van der Waals surface area contributed by atoms with Gasteiger partial charge in [-0.3, -0.25) is 0 Å². The molecule has 0 bridgehead atoms. The number of hydrogen-bond acceptors (Lipinski definition) is 5. The molecule has 0 amide bonds. The maximum Gasteiger partial charge on any atom is 0.186 e. The first-order valence-corrected chi connectivity index (χ1v) is 7.01. The Labute approximate surface area is 118 Å². The van der Waals surface area contributed by atoms with Crippen molar-refractivity contribution in [2.24, 2.45) is 0 Å². The largest absolute Gasteiger partial charge is 0.379 e. The first-order chi connectivity index (χ1) is 9.88. The zero-order chi connectivity index (χ0) is 13.8. The van der Waals surface area contributed by atoms with Gasteiger partial charge in [0, 0.05) is 11.4 Å². The minimum absolute atomic E-state index is 0.376. The highest BCUT2D eigenvalue weighted by Gasteiger charge is 2.16. The summed E-state index contributed by atoms with van der Waals surface area (Å²) in [5.41, 5.74) is 2.02. The highest BCUT2D eigenvalue weighted by molar-refractivity contribution is 5.92. The van der Waals surface area contributed by atoms with E-state index in [4.69, 9.17) is 0 Å². The van der Waals surface area contributed by atoms with E-state index in [-0.39, 0.29) is 0 Å². The standard InChI is InChI=1S/C15H17N5/c16-10-14-15(18-11-4-3-8-17-9-7-11)12-5-1-2-6-13(12)19-20-14/h1-2,5-6,11,17H,3-4,7-9H2,(H,18,19). The molecule has 0 spiro atoms. The quantitative estimate of drug-likeness (QED) is 0.871. The predicted molar refractivity (Wildman–Crippen MR) is 78.4 cm³/mol. The second-order valence-electron chi connectivity index (χ2n) is 5.07. The van der Waals surface area contributed by atoms with E-state index in [1.807, 2.05) is 24.3 Å². The van der Waals surface area contributed by atoms with Crippen molar-refractivity contribution in [1.82, 2.24) is 15.5 Å². The maximum absolute atomic E-state index is 9.26. The molecule has 3 rings (SSSR count). The van der Waals surface area contributed by atoms with Gasteiger partial charge < -0.3 is 10.6 Å². The summed E-state index contributed by atoms with van der Waals surface area (Å²) in [6.45, 7) is 2.08. The van der Waals surface area contributed by atoms with Crippen molar-refractivity contribution in [2.75, 3.05) is 18.4 Å². The van der Waals surface area contributed by atoms with Gasteiger partial charge in [0.15, 0.2) is 5.69 Å². The molecule has 0 aliphatic carbocycles. The van der Waals surface area contributed by atoms with Gasteiger partial charge in [0.1, 0.15) is 6.07 Å². The average Bonchev–Trinajstić information content (AvgIpc) is 2.76. The molecular weight excluding hydrogens is 250 g/mol. The Morgan fingerprint density at radius 2 is 2.10 bits per heavy atom. The minimum Gasteiger partial charge on any atom is -0.379 e. The monoisotopic (exact) mass is 267 g/mol. The average molecular weight is 267 g/mol. The summed E-state index contributed by atoms with van der Waals surface area (Å²) in [5, 5.41) is 25.3. The molecular formula is C15H17N5. The number of anilines is 1. The third-order valence-electron chi connectivity index (χ3n) is 3.70. The lowest BCUT2D eigenvalue weighted by atomic mass is 10.1. The van der Waals surface area contributed by atoms with Crippen LogP contribution in [0.25, 0.3) is 10.9 Å². The SMILES string of the molecule is N#Cc1nnc2ccccc2c1NC1CCCNCC1. The second kappa shape index (κ2) is 5.85. The third-order valence-corrected chi connectivity index (χ3v) is 3.70. The Morgan fingerprint density at radius 1 is 1.20 bits per heavy atom. The summed E-state index contributed by atoms with van der Waals surface area (Å²) >= 11 is 0. The number of benzene rings is 1. The van der Waals surface area contributed by atoms with Crippen molar-refractivity contribution < 1.29 is 0 Å². The van der Waals surface area contributed by atoms with Gasteiger partial charge in [-0.15, -0.1) is 10.2 Å². The van der Waals surface area contributed by atoms with Crippen molar-refractivity contribution >= 4 is 16.6 Å². The number of nitriles is 1. The molecule has 2 heterocycles. The van der Waals surface area contributed by atoms with Gasteiger partial charge in [-0.1, -0.05) is 18.2 Å². The van der Waals surface area contributed by atoms with E-state index in [1.165, 1.54) is 0 Å². The van der Waals surface area contributed by atoms with Gasteiger partial charge in [0.05, 0.1) is 11.2 Å². The molecule has 1 saturated heterocycles. The van der Waals surface area contributed by atoms with Crippen molar-refractivity contribution in [1.29, 1.82) is 5.26 Å². The van der Waals surface area contributed by atoms with Crippen LogP contribution in [-0.2, 0) is 0 Å². The Morgan fingerprint density at radius 3 is 3.00 bits per heavy atom.